The Morgan fingerprint density at radius 2 is 1.96 bits per heavy atom. The molecule has 0 aromatic heterocycles. The molecule has 1 rings (SSSR count). The summed E-state index contributed by atoms with van der Waals surface area (Å²) in [5, 5.41) is 2.67. The molecule has 0 spiro atoms. The van der Waals surface area contributed by atoms with Crippen molar-refractivity contribution in [1.82, 2.24) is 5.32 Å². The van der Waals surface area contributed by atoms with Gasteiger partial charge in [0.15, 0.2) is 0 Å². The van der Waals surface area contributed by atoms with Crippen LogP contribution in [0, 0.1) is 6.92 Å². The molecular weight excluding hydrogens is 316 g/mol. The number of aryl methyl sites for hydroxylation is 1. The molecule has 1 aromatic rings. The first-order valence-electron chi connectivity index (χ1n) is 7.12. The van der Waals surface area contributed by atoms with E-state index in [0.717, 1.165) is 17.4 Å². The van der Waals surface area contributed by atoms with Crippen LogP contribution < -0.4 is 10.0 Å². The summed E-state index contributed by atoms with van der Waals surface area (Å²) in [4.78, 5) is 11.7. The van der Waals surface area contributed by atoms with E-state index < -0.39 is 21.7 Å². The summed E-state index contributed by atoms with van der Waals surface area (Å²) in [6, 6.07) is 3.57. The highest BCUT2D eigenvalue weighted by Gasteiger charge is 2.16. The molecule has 0 unspecified atom stereocenters. The summed E-state index contributed by atoms with van der Waals surface area (Å²) in [6.07, 6.45) is 2.16. The van der Waals surface area contributed by atoms with Crippen molar-refractivity contribution in [2.24, 2.45) is 0 Å². The molecule has 0 saturated carbocycles. The lowest BCUT2D eigenvalue weighted by molar-refractivity contribution is 0.0523. The Balaban J connectivity index is 2.93. The van der Waals surface area contributed by atoms with E-state index >= 15 is 0 Å². The topological polar surface area (TPSA) is 84.5 Å². The maximum absolute atomic E-state index is 11.7. The number of alkyl carbamates (subject to hydrolysis) is 1. The Morgan fingerprint density at radius 3 is 2.43 bits per heavy atom. The molecule has 0 aliphatic heterocycles. The van der Waals surface area contributed by atoms with Crippen molar-refractivity contribution >= 4 is 27.9 Å². The molecular formula is C16H24N2O4S. The first kappa shape index (κ1) is 19.0. The Morgan fingerprint density at radius 1 is 1.35 bits per heavy atom. The molecule has 23 heavy (non-hydrogen) atoms. The van der Waals surface area contributed by atoms with Gasteiger partial charge in [-0.2, -0.15) is 0 Å². The molecule has 0 aliphatic carbocycles. The number of hydrogen-bond donors (Lipinski definition) is 2. The molecule has 0 atom stereocenters. The molecule has 128 valence electrons. The van der Waals surface area contributed by atoms with Crippen LogP contribution in [-0.4, -0.2) is 26.4 Å². The van der Waals surface area contributed by atoms with Crippen LogP contribution in [0.2, 0.25) is 0 Å². The van der Waals surface area contributed by atoms with Gasteiger partial charge in [-0.05, 0) is 50.5 Å². The van der Waals surface area contributed by atoms with E-state index in [9.17, 15) is 13.2 Å². The molecule has 0 saturated heterocycles. The van der Waals surface area contributed by atoms with Gasteiger partial charge in [0.2, 0.25) is 10.0 Å². The van der Waals surface area contributed by atoms with Gasteiger partial charge in [0.05, 0.1) is 11.9 Å². The van der Waals surface area contributed by atoms with Crippen molar-refractivity contribution in [2.45, 2.75) is 39.8 Å². The number of benzene rings is 1. The second kappa shape index (κ2) is 7.04. The molecule has 0 heterocycles. The minimum Gasteiger partial charge on any atom is -0.444 e. The minimum absolute atomic E-state index is 0.274. The largest absolute Gasteiger partial charge is 0.444 e. The zero-order valence-corrected chi connectivity index (χ0v) is 15.0. The molecule has 7 heteroatoms. The van der Waals surface area contributed by atoms with Gasteiger partial charge in [-0.15, -0.1) is 0 Å². The van der Waals surface area contributed by atoms with E-state index in [0.29, 0.717) is 11.3 Å². The molecule has 6 nitrogen and oxygen atoms in total. The van der Waals surface area contributed by atoms with E-state index in [1.807, 2.05) is 0 Å². The van der Waals surface area contributed by atoms with Gasteiger partial charge in [0.1, 0.15) is 5.60 Å². The second-order valence-electron chi connectivity index (χ2n) is 6.31. The van der Waals surface area contributed by atoms with E-state index in [1.165, 1.54) is 0 Å². The lowest BCUT2D eigenvalue weighted by Crippen LogP contribution is -2.32. The number of sulfonamides is 1. The standard InChI is InChI=1S/C16H24N2O4S/c1-7-13-9-12(10-17-15(19)22-16(3,4)5)8-11(2)14(13)18-23(6,20)21/h7-9,18H,1,10H2,2-6H3,(H,17,19). The first-order chi connectivity index (χ1) is 10.4. The highest BCUT2D eigenvalue weighted by atomic mass is 32.2. The monoisotopic (exact) mass is 340 g/mol. The third kappa shape index (κ3) is 6.73. The van der Waals surface area contributed by atoms with Crippen molar-refractivity contribution in [3.05, 3.63) is 35.4 Å². The zero-order chi connectivity index (χ0) is 17.8. The summed E-state index contributed by atoms with van der Waals surface area (Å²) >= 11 is 0. The Kier molecular flexibility index (Phi) is 5.82. The average Bonchev–Trinajstić information content (AvgIpc) is 2.35. The maximum Gasteiger partial charge on any atom is 0.407 e. The Labute approximate surface area is 138 Å². The fraction of sp³-hybridized carbons (Fsp3) is 0.438. The van der Waals surface area contributed by atoms with Crippen LogP contribution in [0.5, 0.6) is 0 Å². The SMILES string of the molecule is C=Cc1cc(CNC(=O)OC(C)(C)C)cc(C)c1NS(C)(=O)=O. The zero-order valence-electron chi connectivity index (χ0n) is 14.2. The maximum atomic E-state index is 11.7. The van der Waals surface area contributed by atoms with E-state index in [-0.39, 0.29) is 6.54 Å². The number of nitrogens with one attached hydrogen (secondary N) is 2. The summed E-state index contributed by atoms with van der Waals surface area (Å²) in [5.41, 5.74) is 2.14. The third-order valence-corrected chi connectivity index (χ3v) is 3.34. The number of amides is 1. The Hall–Kier alpha value is -2.02. The molecule has 1 aromatic carbocycles. The van der Waals surface area contributed by atoms with E-state index in [2.05, 4.69) is 16.6 Å². The lowest BCUT2D eigenvalue weighted by Gasteiger charge is -2.20. The number of hydrogen-bond acceptors (Lipinski definition) is 4. The number of carbonyl (C=O) groups excluding carboxylic acids is 1. The normalized spacial score (nSPS) is 11.7. The van der Waals surface area contributed by atoms with Crippen molar-refractivity contribution < 1.29 is 17.9 Å². The summed E-state index contributed by atoms with van der Waals surface area (Å²) in [5.74, 6) is 0. The minimum atomic E-state index is -3.38. The second-order valence-corrected chi connectivity index (χ2v) is 8.06. The van der Waals surface area contributed by atoms with Crippen LogP contribution in [0.15, 0.2) is 18.7 Å². The van der Waals surface area contributed by atoms with Gasteiger partial charge in [-0.1, -0.05) is 18.7 Å². The molecule has 2 N–H and O–H groups in total. The summed E-state index contributed by atoms with van der Waals surface area (Å²) in [7, 11) is -3.38. The van der Waals surface area contributed by atoms with Crippen LogP contribution >= 0.6 is 0 Å². The van der Waals surface area contributed by atoms with Crippen molar-refractivity contribution in [1.29, 1.82) is 0 Å². The molecule has 0 radical (unpaired) electrons. The van der Waals surface area contributed by atoms with Crippen molar-refractivity contribution in [3.63, 3.8) is 0 Å². The highest BCUT2D eigenvalue weighted by molar-refractivity contribution is 7.92. The van der Waals surface area contributed by atoms with Crippen molar-refractivity contribution in [3.8, 4) is 0 Å². The van der Waals surface area contributed by atoms with Crippen LogP contribution in [0.1, 0.15) is 37.5 Å². The Bertz CT molecular complexity index is 704. The first-order valence-corrected chi connectivity index (χ1v) is 9.01. The van der Waals surface area contributed by atoms with Crippen LogP contribution in [0.4, 0.5) is 10.5 Å². The van der Waals surface area contributed by atoms with Gasteiger partial charge < -0.3 is 10.1 Å². The van der Waals surface area contributed by atoms with Crippen LogP contribution in [0.25, 0.3) is 6.08 Å². The van der Waals surface area contributed by atoms with Crippen LogP contribution in [-0.2, 0) is 21.3 Å². The van der Waals surface area contributed by atoms with Crippen LogP contribution in [0.3, 0.4) is 0 Å². The molecule has 1 amide bonds. The predicted molar refractivity (Wildman–Crippen MR) is 92.8 cm³/mol. The lowest BCUT2D eigenvalue weighted by atomic mass is 10.0. The highest BCUT2D eigenvalue weighted by Crippen LogP contribution is 2.25. The third-order valence-electron chi connectivity index (χ3n) is 2.77. The van der Waals surface area contributed by atoms with E-state index in [4.69, 9.17) is 4.74 Å². The molecule has 0 fully saturated rings. The van der Waals surface area contributed by atoms with Crippen molar-refractivity contribution in [2.75, 3.05) is 11.0 Å². The smallest absolute Gasteiger partial charge is 0.407 e. The van der Waals surface area contributed by atoms with Gasteiger partial charge in [-0.25, -0.2) is 13.2 Å². The number of anilines is 1. The average molecular weight is 340 g/mol. The number of carbonyl (C=O) groups is 1. The molecule has 0 aliphatic rings. The fourth-order valence-corrected chi connectivity index (χ4v) is 2.62. The van der Waals surface area contributed by atoms with E-state index in [1.54, 1.807) is 45.9 Å². The summed E-state index contributed by atoms with van der Waals surface area (Å²) in [6.45, 7) is 11.1. The van der Waals surface area contributed by atoms with Gasteiger partial charge >= 0.3 is 6.09 Å². The fourth-order valence-electron chi connectivity index (χ4n) is 1.97. The van der Waals surface area contributed by atoms with Gasteiger partial charge in [-0.3, -0.25) is 4.72 Å². The predicted octanol–water partition coefficient (Wildman–Crippen LogP) is 3.03. The number of ether oxygens (including phenoxy) is 1. The molecule has 0 bridgehead atoms. The van der Waals surface area contributed by atoms with Gasteiger partial charge in [0, 0.05) is 6.54 Å². The van der Waals surface area contributed by atoms with Gasteiger partial charge in [0.25, 0.3) is 0 Å². The quantitative estimate of drug-likeness (QED) is 0.863. The number of rotatable bonds is 5. The summed E-state index contributed by atoms with van der Waals surface area (Å²) < 4.78 is 30.5.